The van der Waals surface area contributed by atoms with Crippen LogP contribution in [0, 0.1) is 5.92 Å². The Morgan fingerprint density at radius 3 is 2.44 bits per heavy atom. The van der Waals surface area contributed by atoms with E-state index in [4.69, 9.17) is 4.74 Å². The molecule has 0 aromatic rings. The molecule has 1 saturated carbocycles. The van der Waals surface area contributed by atoms with Gasteiger partial charge in [-0.05, 0) is 64.4 Å². The van der Waals surface area contributed by atoms with E-state index in [0.29, 0.717) is 0 Å². The summed E-state index contributed by atoms with van der Waals surface area (Å²) in [6.45, 7) is 9.90. The topological polar surface area (TPSA) is 49.7 Å². The van der Waals surface area contributed by atoms with Gasteiger partial charge in [-0.2, -0.15) is 0 Å². The molecular formula is C15H26O3. The predicted molar refractivity (Wildman–Crippen MR) is 71.3 cm³/mol. The fourth-order valence-corrected chi connectivity index (χ4v) is 3.47. The van der Waals surface area contributed by atoms with Crippen LogP contribution >= 0.6 is 0 Å². The van der Waals surface area contributed by atoms with Crippen molar-refractivity contribution in [2.24, 2.45) is 5.92 Å². The molecule has 0 aromatic heterocycles. The van der Waals surface area contributed by atoms with Gasteiger partial charge >= 0.3 is 0 Å². The summed E-state index contributed by atoms with van der Waals surface area (Å²) in [5, 5.41) is 20.0. The minimum absolute atomic E-state index is 0.237. The molecule has 0 spiro atoms. The minimum atomic E-state index is -0.492. The summed E-state index contributed by atoms with van der Waals surface area (Å²) in [5.74, 6) is 0.258. The van der Waals surface area contributed by atoms with E-state index in [9.17, 15) is 10.2 Å². The van der Waals surface area contributed by atoms with Gasteiger partial charge in [0.1, 0.15) is 0 Å². The third-order valence-corrected chi connectivity index (χ3v) is 4.65. The first-order chi connectivity index (χ1) is 8.23. The predicted octanol–water partition coefficient (Wildman–Crippen LogP) is 2.41. The third kappa shape index (κ3) is 2.63. The Morgan fingerprint density at radius 1 is 1.28 bits per heavy atom. The molecule has 18 heavy (non-hydrogen) atoms. The van der Waals surface area contributed by atoms with Crippen LogP contribution in [0.25, 0.3) is 0 Å². The summed E-state index contributed by atoms with van der Waals surface area (Å²) in [6.07, 6.45) is 3.63. The van der Waals surface area contributed by atoms with Crippen LogP contribution in [0.1, 0.15) is 52.9 Å². The largest absolute Gasteiger partial charge is 0.390 e. The Bertz CT molecular complexity index is 337. The van der Waals surface area contributed by atoms with Crippen molar-refractivity contribution in [2.45, 2.75) is 76.3 Å². The SMILES string of the molecule is C=C1CC[C@H](C[C@]2(C)CC[C@@H](O)C(C)(C)O2)[C@H]1O. The highest BCUT2D eigenvalue weighted by Crippen LogP contribution is 2.43. The number of ether oxygens (including phenoxy) is 1. The molecule has 0 radical (unpaired) electrons. The van der Waals surface area contributed by atoms with E-state index in [1.807, 2.05) is 13.8 Å². The second kappa shape index (κ2) is 4.62. The molecule has 0 unspecified atom stereocenters. The van der Waals surface area contributed by atoms with Gasteiger partial charge in [-0.1, -0.05) is 6.58 Å². The lowest BCUT2D eigenvalue weighted by atomic mass is 9.80. The number of aliphatic hydroxyl groups is 2. The van der Waals surface area contributed by atoms with E-state index < -0.39 is 11.7 Å². The van der Waals surface area contributed by atoms with Crippen LogP contribution in [0.4, 0.5) is 0 Å². The lowest BCUT2D eigenvalue weighted by molar-refractivity contribution is -0.221. The second-order valence-electron chi connectivity index (χ2n) is 6.82. The van der Waals surface area contributed by atoms with E-state index in [1.54, 1.807) is 0 Å². The van der Waals surface area contributed by atoms with Crippen molar-refractivity contribution in [1.82, 2.24) is 0 Å². The van der Waals surface area contributed by atoms with Crippen molar-refractivity contribution in [3.63, 3.8) is 0 Å². The van der Waals surface area contributed by atoms with Gasteiger partial charge in [0, 0.05) is 0 Å². The van der Waals surface area contributed by atoms with E-state index in [1.165, 1.54) is 0 Å². The molecule has 3 nitrogen and oxygen atoms in total. The van der Waals surface area contributed by atoms with Crippen molar-refractivity contribution < 1.29 is 14.9 Å². The van der Waals surface area contributed by atoms with Crippen molar-refractivity contribution >= 4 is 0 Å². The van der Waals surface area contributed by atoms with Crippen LogP contribution in [0.5, 0.6) is 0 Å². The van der Waals surface area contributed by atoms with Gasteiger partial charge in [0.25, 0.3) is 0 Å². The number of aliphatic hydroxyl groups excluding tert-OH is 2. The van der Waals surface area contributed by atoms with E-state index >= 15 is 0 Å². The Hall–Kier alpha value is -0.380. The molecular weight excluding hydrogens is 228 g/mol. The lowest BCUT2D eigenvalue weighted by Gasteiger charge is -2.47. The molecule has 4 atom stereocenters. The standard InChI is InChI=1S/C15H26O3/c1-10-5-6-11(13(10)17)9-15(4)8-7-12(16)14(2,3)18-15/h11-13,16-17H,1,5-9H2,2-4H3/t11-,12-,13+,15+/m1/s1. The third-order valence-electron chi connectivity index (χ3n) is 4.65. The zero-order chi connectivity index (χ0) is 13.6. The first kappa shape index (κ1) is 14.0. The summed E-state index contributed by atoms with van der Waals surface area (Å²) >= 11 is 0. The molecule has 1 aliphatic heterocycles. The van der Waals surface area contributed by atoms with Crippen LogP contribution in [-0.4, -0.2) is 33.6 Å². The molecule has 0 amide bonds. The maximum atomic E-state index is 10.1. The highest BCUT2D eigenvalue weighted by atomic mass is 16.5. The Balaban J connectivity index is 2.02. The molecule has 1 saturated heterocycles. The van der Waals surface area contributed by atoms with Crippen molar-refractivity contribution in [3.05, 3.63) is 12.2 Å². The van der Waals surface area contributed by atoms with Crippen molar-refractivity contribution in [1.29, 1.82) is 0 Å². The molecule has 1 aliphatic carbocycles. The maximum Gasteiger partial charge on any atom is 0.0891 e. The monoisotopic (exact) mass is 254 g/mol. The van der Waals surface area contributed by atoms with Gasteiger partial charge in [-0.25, -0.2) is 0 Å². The lowest BCUT2D eigenvalue weighted by Crippen LogP contribution is -2.52. The Morgan fingerprint density at radius 2 is 1.94 bits per heavy atom. The Labute approximate surface area is 110 Å². The average Bonchev–Trinajstić information content (AvgIpc) is 2.55. The summed E-state index contributed by atoms with van der Waals surface area (Å²) < 4.78 is 6.13. The number of hydrogen-bond donors (Lipinski definition) is 2. The Kier molecular flexibility index (Phi) is 3.60. The quantitative estimate of drug-likeness (QED) is 0.744. The van der Waals surface area contributed by atoms with Crippen molar-refractivity contribution in [2.75, 3.05) is 0 Å². The van der Waals surface area contributed by atoms with E-state index in [2.05, 4.69) is 13.5 Å². The van der Waals surface area contributed by atoms with Crippen LogP contribution in [0.2, 0.25) is 0 Å². The maximum absolute atomic E-state index is 10.1. The van der Waals surface area contributed by atoms with Crippen LogP contribution in [-0.2, 0) is 4.74 Å². The van der Waals surface area contributed by atoms with Crippen LogP contribution in [0.15, 0.2) is 12.2 Å². The minimum Gasteiger partial charge on any atom is -0.390 e. The van der Waals surface area contributed by atoms with Gasteiger partial charge in [0.15, 0.2) is 0 Å². The summed E-state index contributed by atoms with van der Waals surface area (Å²) in [5.41, 5.74) is 0.228. The number of rotatable bonds is 2. The molecule has 2 N–H and O–H groups in total. The van der Waals surface area contributed by atoms with Gasteiger partial charge in [0.05, 0.1) is 23.4 Å². The molecule has 2 rings (SSSR count). The number of hydrogen-bond acceptors (Lipinski definition) is 3. The van der Waals surface area contributed by atoms with Gasteiger partial charge in [-0.15, -0.1) is 0 Å². The average molecular weight is 254 g/mol. The van der Waals surface area contributed by atoms with Crippen LogP contribution < -0.4 is 0 Å². The highest BCUT2D eigenvalue weighted by molar-refractivity contribution is 5.11. The second-order valence-corrected chi connectivity index (χ2v) is 6.82. The van der Waals surface area contributed by atoms with Gasteiger partial charge in [-0.3, -0.25) is 0 Å². The fraction of sp³-hybridized carbons (Fsp3) is 0.867. The molecule has 0 bridgehead atoms. The molecule has 104 valence electrons. The van der Waals surface area contributed by atoms with E-state index in [0.717, 1.165) is 37.7 Å². The summed E-state index contributed by atoms with van der Waals surface area (Å²) in [4.78, 5) is 0. The molecule has 2 fully saturated rings. The molecule has 3 heteroatoms. The van der Waals surface area contributed by atoms with Crippen LogP contribution in [0.3, 0.4) is 0 Å². The zero-order valence-corrected chi connectivity index (χ0v) is 11.8. The molecule has 2 aliphatic rings. The fourth-order valence-electron chi connectivity index (χ4n) is 3.47. The summed E-state index contributed by atoms with van der Waals surface area (Å²) in [7, 11) is 0. The molecule has 0 aromatic carbocycles. The van der Waals surface area contributed by atoms with E-state index in [-0.39, 0.29) is 17.6 Å². The van der Waals surface area contributed by atoms with Crippen molar-refractivity contribution in [3.8, 4) is 0 Å². The first-order valence-electron chi connectivity index (χ1n) is 6.97. The summed E-state index contributed by atoms with van der Waals surface area (Å²) in [6, 6.07) is 0. The smallest absolute Gasteiger partial charge is 0.0891 e. The molecule has 1 heterocycles. The highest BCUT2D eigenvalue weighted by Gasteiger charge is 2.45. The van der Waals surface area contributed by atoms with Gasteiger partial charge < -0.3 is 14.9 Å². The normalized spacial score (nSPS) is 44.3. The first-order valence-corrected chi connectivity index (χ1v) is 6.97. The van der Waals surface area contributed by atoms with Gasteiger partial charge in [0.2, 0.25) is 0 Å². The zero-order valence-electron chi connectivity index (χ0n) is 11.8.